The molecule has 0 unspecified atom stereocenters. The number of benzene rings is 1. The Balaban J connectivity index is 1.63. The number of aryl methyl sites for hydroxylation is 1. The van der Waals surface area contributed by atoms with Gasteiger partial charge in [0.15, 0.2) is 0 Å². The van der Waals surface area contributed by atoms with E-state index in [1.165, 1.54) is 5.56 Å². The van der Waals surface area contributed by atoms with E-state index in [2.05, 4.69) is 17.2 Å². The lowest BCUT2D eigenvalue weighted by Gasteiger charge is -2.30. The Labute approximate surface area is 154 Å². The van der Waals surface area contributed by atoms with Gasteiger partial charge in [-0.3, -0.25) is 9.59 Å². The fourth-order valence-electron chi connectivity index (χ4n) is 3.03. The summed E-state index contributed by atoms with van der Waals surface area (Å²) >= 11 is 0. The van der Waals surface area contributed by atoms with Crippen molar-refractivity contribution in [2.75, 3.05) is 13.1 Å². The predicted molar refractivity (Wildman–Crippen MR) is 101 cm³/mol. The van der Waals surface area contributed by atoms with Crippen LogP contribution >= 0.6 is 0 Å². The second kappa shape index (κ2) is 8.13. The van der Waals surface area contributed by atoms with Gasteiger partial charge in [0.2, 0.25) is 0 Å². The molecule has 2 heterocycles. The van der Waals surface area contributed by atoms with Crippen LogP contribution in [0.5, 0.6) is 0 Å². The summed E-state index contributed by atoms with van der Waals surface area (Å²) in [5.74, 6) is 0.295. The zero-order valence-corrected chi connectivity index (χ0v) is 15.4. The summed E-state index contributed by atoms with van der Waals surface area (Å²) in [6.07, 6.45) is 2.03. The van der Waals surface area contributed by atoms with Crippen molar-refractivity contribution in [1.82, 2.24) is 15.2 Å². The second-order valence-electron chi connectivity index (χ2n) is 7.05. The monoisotopic (exact) mass is 351 g/mol. The van der Waals surface area contributed by atoms with Crippen molar-refractivity contribution in [3.63, 3.8) is 0 Å². The van der Waals surface area contributed by atoms with E-state index in [0.717, 1.165) is 31.5 Å². The molecule has 2 amide bonds. The Morgan fingerprint density at radius 3 is 2.42 bits per heavy atom. The van der Waals surface area contributed by atoms with Crippen molar-refractivity contribution < 1.29 is 9.59 Å². The second-order valence-corrected chi connectivity index (χ2v) is 7.05. The summed E-state index contributed by atoms with van der Waals surface area (Å²) in [6, 6.07) is 13.0. The largest absolute Gasteiger partial charge is 0.347 e. The van der Waals surface area contributed by atoms with E-state index in [4.69, 9.17) is 0 Å². The average Bonchev–Trinajstić information content (AvgIpc) is 2.67. The van der Waals surface area contributed by atoms with Crippen LogP contribution in [-0.2, 0) is 6.54 Å². The molecule has 1 saturated heterocycles. The molecule has 2 aromatic rings. The van der Waals surface area contributed by atoms with Crippen LogP contribution in [-0.4, -0.2) is 34.8 Å². The van der Waals surface area contributed by atoms with Crippen molar-refractivity contribution in [3.8, 4) is 0 Å². The van der Waals surface area contributed by atoms with Gasteiger partial charge in [0, 0.05) is 19.6 Å². The first-order valence-corrected chi connectivity index (χ1v) is 9.13. The number of rotatable bonds is 4. The molecule has 1 N–H and O–H groups in total. The quantitative estimate of drug-likeness (QED) is 0.920. The van der Waals surface area contributed by atoms with Crippen LogP contribution in [0.15, 0.2) is 42.5 Å². The van der Waals surface area contributed by atoms with E-state index in [1.807, 2.05) is 36.1 Å². The van der Waals surface area contributed by atoms with Gasteiger partial charge in [0.25, 0.3) is 11.8 Å². The predicted octanol–water partition coefficient (Wildman–Crippen LogP) is 3.19. The van der Waals surface area contributed by atoms with Crippen LogP contribution in [0.4, 0.5) is 0 Å². The fourth-order valence-corrected chi connectivity index (χ4v) is 3.03. The molecule has 1 fully saturated rings. The van der Waals surface area contributed by atoms with Gasteiger partial charge in [-0.05, 0) is 43.4 Å². The maximum absolute atomic E-state index is 12.6. The Morgan fingerprint density at radius 2 is 1.73 bits per heavy atom. The Kier molecular flexibility index (Phi) is 5.66. The lowest BCUT2D eigenvalue weighted by molar-refractivity contribution is 0.0691. The molecular weight excluding hydrogens is 326 g/mol. The van der Waals surface area contributed by atoms with Gasteiger partial charge in [-0.25, -0.2) is 4.98 Å². The Bertz CT molecular complexity index is 778. The Morgan fingerprint density at radius 1 is 1.08 bits per heavy atom. The molecule has 1 aromatic heterocycles. The number of amides is 2. The topological polar surface area (TPSA) is 62.3 Å². The van der Waals surface area contributed by atoms with Gasteiger partial charge in [-0.2, -0.15) is 0 Å². The van der Waals surface area contributed by atoms with Gasteiger partial charge in [-0.15, -0.1) is 0 Å². The van der Waals surface area contributed by atoms with Crippen molar-refractivity contribution in [2.24, 2.45) is 5.92 Å². The summed E-state index contributed by atoms with van der Waals surface area (Å²) < 4.78 is 0. The van der Waals surface area contributed by atoms with Gasteiger partial charge < -0.3 is 10.2 Å². The van der Waals surface area contributed by atoms with E-state index in [0.29, 0.717) is 18.2 Å². The minimum atomic E-state index is -0.271. The fraction of sp³-hybridized carbons (Fsp3) is 0.381. The number of piperidine rings is 1. The molecule has 0 bridgehead atoms. The average molecular weight is 351 g/mol. The van der Waals surface area contributed by atoms with Crippen molar-refractivity contribution in [3.05, 3.63) is 65.0 Å². The van der Waals surface area contributed by atoms with Crippen molar-refractivity contribution in [2.45, 2.75) is 33.2 Å². The number of likely N-dealkylation sites (tertiary alicyclic amines) is 1. The molecule has 5 nitrogen and oxygen atoms in total. The third-order valence-electron chi connectivity index (χ3n) is 4.85. The number of carbonyl (C=O) groups is 2. The number of pyridine rings is 1. The molecule has 0 saturated carbocycles. The normalized spacial score (nSPS) is 14.9. The number of hydrogen-bond donors (Lipinski definition) is 1. The number of aromatic nitrogens is 1. The number of nitrogens with one attached hydrogen (secondary N) is 1. The van der Waals surface area contributed by atoms with Crippen LogP contribution in [0.2, 0.25) is 0 Å². The highest BCUT2D eigenvalue weighted by Crippen LogP contribution is 2.17. The maximum atomic E-state index is 12.6. The first-order valence-electron chi connectivity index (χ1n) is 9.13. The molecule has 3 rings (SSSR count). The van der Waals surface area contributed by atoms with E-state index < -0.39 is 0 Å². The first-order chi connectivity index (χ1) is 12.5. The molecule has 136 valence electrons. The maximum Gasteiger partial charge on any atom is 0.272 e. The van der Waals surface area contributed by atoms with Crippen LogP contribution in [0.25, 0.3) is 0 Å². The van der Waals surface area contributed by atoms with Crippen LogP contribution in [0, 0.1) is 12.8 Å². The minimum absolute atomic E-state index is 0.0925. The number of nitrogens with zero attached hydrogens (tertiary/aromatic N) is 2. The molecular formula is C21H25N3O2. The first kappa shape index (κ1) is 18.1. The van der Waals surface area contributed by atoms with Gasteiger partial charge in [-0.1, -0.05) is 42.8 Å². The van der Waals surface area contributed by atoms with Gasteiger partial charge in [0.1, 0.15) is 11.4 Å². The lowest BCUT2D eigenvalue weighted by Crippen LogP contribution is -2.38. The summed E-state index contributed by atoms with van der Waals surface area (Å²) in [5.41, 5.74) is 2.81. The van der Waals surface area contributed by atoms with Gasteiger partial charge in [0.05, 0.1) is 0 Å². The van der Waals surface area contributed by atoms with Crippen molar-refractivity contribution in [1.29, 1.82) is 0 Å². The molecule has 5 heteroatoms. The summed E-state index contributed by atoms with van der Waals surface area (Å²) in [7, 11) is 0. The zero-order chi connectivity index (χ0) is 18.5. The molecule has 1 aromatic carbocycles. The Hall–Kier alpha value is -2.69. The molecule has 0 aliphatic carbocycles. The number of carbonyl (C=O) groups excluding carboxylic acids is 2. The zero-order valence-electron chi connectivity index (χ0n) is 15.4. The summed E-state index contributed by atoms with van der Waals surface area (Å²) in [5, 5.41) is 2.86. The molecule has 0 atom stereocenters. The molecule has 26 heavy (non-hydrogen) atoms. The SMILES string of the molecule is Cc1ccc(CNC(=O)c2cccc(C(=O)N3CCC(C)CC3)n2)cc1. The van der Waals surface area contributed by atoms with E-state index in [9.17, 15) is 9.59 Å². The highest BCUT2D eigenvalue weighted by atomic mass is 16.2. The summed E-state index contributed by atoms with van der Waals surface area (Å²) in [6.45, 7) is 6.18. The standard InChI is InChI=1S/C21H25N3O2/c1-15-6-8-17(9-7-15)14-22-20(25)18-4-3-5-19(23-18)21(26)24-12-10-16(2)11-13-24/h3-9,16H,10-14H2,1-2H3,(H,22,25). The molecule has 1 aliphatic heterocycles. The van der Waals surface area contributed by atoms with E-state index >= 15 is 0 Å². The van der Waals surface area contributed by atoms with Crippen LogP contribution in [0.3, 0.4) is 0 Å². The van der Waals surface area contributed by atoms with E-state index in [-0.39, 0.29) is 17.5 Å². The molecule has 1 aliphatic rings. The van der Waals surface area contributed by atoms with Gasteiger partial charge >= 0.3 is 0 Å². The third-order valence-corrected chi connectivity index (χ3v) is 4.85. The summed E-state index contributed by atoms with van der Waals surface area (Å²) in [4.78, 5) is 31.1. The highest BCUT2D eigenvalue weighted by molar-refractivity contribution is 5.96. The molecule has 0 radical (unpaired) electrons. The van der Waals surface area contributed by atoms with Crippen LogP contribution < -0.4 is 5.32 Å². The third kappa shape index (κ3) is 4.48. The van der Waals surface area contributed by atoms with Crippen molar-refractivity contribution >= 4 is 11.8 Å². The van der Waals surface area contributed by atoms with E-state index in [1.54, 1.807) is 18.2 Å². The lowest BCUT2D eigenvalue weighted by atomic mass is 9.99. The minimum Gasteiger partial charge on any atom is -0.347 e. The molecule has 0 spiro atoms. The smallest absolute Gasteiger partial charge is 0.272 e. The van der Waals surface area contributed by atoms with Crippen LogP contribution in [0.1, 0.15) is 51.9 Å². The number of hydrogen-bond acceptors (Lipinski definition) is 3. The highest BCUT2D eigenvalue weighted by Gasteiger charge is 2.22.